The first-order valence-corrected chi connectivity index (χ1v) is 6.50. The number of rotatable bonds is 6. The maximum Gasteiger partial charge on any atom is 0.128 e. The van der Waals surface area contributed by atoms with Gasteiger partial charge in [0.15, 0.2) is 0 Å². The molecule has 0 aliphatic carbocycles. The minimum atomic E-state index is -1.28. The first-order chi connectivity index (χ1) is 10.2. The van der Waals surface area contributed by atoms with Crippen LogP contribution in [0.25, 0.3) is 0 Å². The van der Waals surface area contributed by atoms with Crippen molar-refractivity contribution in [1.29, 1.82) is 0 Å². The van der Waals surface area contributed by atoms with Gasteiger partial charge in [-0.25, -0.2) is 0 Å². The van der Waals surface area contributed by atoms with Gasteiger partial charge in [-0.3, -0.25) is 5.43 Å². The highest BCUT2D eigenvalue weighted by atomic mass is 35.5. The summed E-state index contributed by atoms with van der Waals surface area (Å²) < 4.78 is 5.12. The van der Waals surface area contributed by atoms with Crippen molar-refractivity contribution in [3.8, 4) is 5.75 Å². The van der Waals surface area contributed by atoms with Crippen LogP contribution in [0.4, 0.5) is 5.69 Å². The Labute approximate surface area is 126 Å². The lowest BCUT2D eigenvalue weighted by atomic mass is 10.2. The first kappa shape index (κ1) is 14.9. The zero-order chi connectivity index (χ0) is 15.1. The summed E-state index contributed by atoms with van der Waals surface area (Å²) in [6.07, 6.45) is 1.52. The van der Waals surface area contributed by atoms with Crippen LogP contribution in [0.3, 0.4) is 0 Å². The van der Waals surface area contributed by atoms with Crippen LogP contribution in [0, 0.1) is 0 Å². The third-order valence-electron chi connectivity index (χ3n) is 2.53. The lowest BCUT2D eigenvalue weighted by Gasteiger charge is -2.09. The number of para-hydroxylation sites is 2. The molecule has 0 fully saturated rings. The average molecular weight is 304 g/mol. The van der Waals surface area contributed by atoms with Crippen LogP contribution in [0.5, 0.6) is 5.75 Å². The second-order valence-corrected chi connectivity index (χ2v) is 4.46. The number of halogens is 1. The number of carbonyl (C=O) groups excluding carboxylic acids is 1. The number of benzene rings is 2. The standard InChI is InChI=1S/C15H13ClN2O3/c16-12-6-2-3-7-13(12)18-17-9-11-5-1-4-8-14(11)21-10-15(19)20/h1-9,18H,10H2,(H,19,20)/p-1/b17-9-. The van der Waals surface area contributed by atoms with E-state index in [1.165, 1.54) is 6.21 Å². The highest BCUT2D eigenvalue weighted by Gasteiger charge is 2.01. The summed E-state index contributed by atoms with van der Waals surface area (Å²) in [5, 5.41) is 15.0. The molecule has 21 heavy (non-hydrogen) atoms. The molecule has 0 amide bonds. The number of aliphatic carboxylic acids is 1. The largest absolute Gasteiger partial charge is 0.546 e. The Morgan fingerprint density at radius 2 is 1.95 bits per heavy atom. The van der Waals surface area contributed by atoms with E-state index in [1.54, 1.807) is 36.4 Å². The number of hydrogen-bond acceptors (Lipinski definition) is 5. The molecule has 2 aromatic rings. The molecule has 0 aliphatic rings. The minimum Gasteiger partial charge on any atom is -0.546 e. The third kappa shape index (κ3) is 4.50. The number of nitrogens with one attached hydrogen (secondary N) is 1. The summed E-state index contributed by atoms with van der Waals surface area (Å²) >= 11 is 5.99. The number of hydrazone groups is 1. The lowest BCUT2D eigenvalue weighted by Crippen LogP contribution is -2.29. The predicted octanol–water partition coefficient (Wildman–Crippen LogP) is 1.91. The summed E-state index contributed by atoms with van der Waals surface area (Å²) in [6, 6.07) is 14.1. The van der Waals surface area contributed by atoms with Gasteiger partial charge in [0.2, 0.25) is 0 Å². The van der Waals surface area contributed by atoms with Gasteiger partial charge in [0.25, 0.3) is 0 Å². The number of carboxylic acid groups (broad SMARTS) is 1. The fourth-order valence-electron chi connectivity index (χ4n) is 1.58. The maximum absolute atomic E-state index is 10.4. The quantitative estimate of drug-likeness (QED) is 0.653. The Bertz CT molecular complexity index is 659. The van der Waals surface area contributed by atoms with E-state index >= 15 is 0 Å². The van der Waals surface area contributed by atoms with Crippen molar-refractivity contribution < 1.29 is 14.6 Å². The van der Waals surface area contributed by atoms with E-state index in [0.717, 1.165) is 0 Å². The SMILES string of the molecule is O=C([O-])COc1ccccc1/C=N\Nc1ccccc1Cl. The van der Waals surface area contributed by atoms with E-state index in [0.29, 0.717) is 22.0 Å². The molecule has 0 atom stereocenters. The maximum atomic E-state index is 10.4. The first-order valence-electron chi connectivity index (χ1n) is 6.12. The van der Waals surface area contributed by atoms with Crippen LogP contribution in [-0.4, -0.2) is 18.8 Å². The topological polar surface area (TPSA) is 73.8 Å². The van der Waals surface area contributed by atoms with Crippen molar-refractivity contribution in [3.63, 3.8) is 0 Å². The summed E-state index contributed by atoms with van der Waals surface area (Å²) in [4.78, 5) is 10.4. The molecular weight excluding hydrogens is 292 g/mol. The van der Waals surface area contributed by atoms with Gasteiger partial charge in [-0.15, -0.1) is 0 Å². The highest BCUT2D eigenvalue weighted by Crippen LogP contribution is 2.20. The molecule has 0 heterocycles. The number of hydrogen-bond donors (Lipinski definition) is 1. The van der Waals surface area contributed by atoms with Gasteiger partial charge < -0.3 is 14.6 Å². The van der Waals surface area contributed by atoms with Gasteiger partial charge in [0.1, 0.15) is 12.4 Å². The minimum absolute atomic E-state index is 0.409. The van der Waals surface area contributed by atoms with Crippen LogP contribution in [0.2, 0.25) is 5.02 Å². The molecule has 2 rings (SSSR count). The van der Waals surface area contributed by atoms with Crippen LogP contribution in [0.1, 0.15) is 5.56 Å². The Morgan fingerprint density at radius 1 is 1.24 bits per heavy atom. The van der Waals surface area contributed by atoms with Crippen molar-refractivity contribution in [2.75, 3.05) is 12.0 Å². The lowest BCUT2D eigenvalue weighted by molar-refractivity contribution is -0.307. The summed E-state index contributed by atoms with van der Waals surface area (Å²) in [5.74, 6) is -0.873. The number of ether oxygens (including phenoxy) is 1. The molecule has 6 heteroatoms. The van der Waals surface area contributed by atoms with Gasteiger partial charge in [-0.1, -0.05) is 35.9 Å². The van der Waals surface area contributed by atoms with E-state index in [1.807, 2.05) is 12.1 Å². The number of carbonyl (C=O) groups is 1. The van der Waals surface area contributed by atoms with E-state index in [9.17, 15) is 9.90 Å². The molecule has 0 saturated heterocycles. The zero-order valence-corrected chi connectivity index (χ0v) is 11.7. The Balaban J connectivity index is 2.07. The third-order valence-corrected chi connectivity index (χ3v) is 2.86. The number of carboxylic acids is 1. The van der Waals surface area contributed by atoms with E-state index in [2.05, 4.69) is 10.5 Å². The zero-order valence-electron chi connectivity index (χ0n) is 11.0. The Hall–Kier alpha value is -2.53. The molecule has 0 spiro atoms. The Morgan fingerprint density at radius 3 is 2.71 bits per heavy atom. The molecule has 0 radical (unpaired) electrons. The van der Waals surface area contributed by atoms with Gasteiger partial charge >= 0.3 is 0 Å². The monoisotopic (exact) mass is 303 g/mol. The van der Waals surface area contributed by atoms with Gasteiger partial charge in [0, 0.05) is 5.56 Å². The van der Waals surface area contributed by atoms with Crippen molar-refractivity contribution in [2.45, 2.75) is 0 Å². The second-order valence-electron chi connectivity index (χ2n) is 4.05. The number of nitrogens with zero attached hydrogens (tertiary/aromatic N) is 1. The highest BCUT2D eigenvalue weighted by molar-refractivity contribution is 6.33. The molecule has 108 valence electrons. The average Bonchev–Trinajstić information content (AvgIpc) is 2.48. The molecular formula is C15H12ClN2O3-. The molecule has 0 unspecified atom stereocenters. The normalized spacial score (nSPS) is 10.5. The molecule has 0 aromatic heterocycles. The second kappa shape index (κ2) is 7.31. The van der Waals surface area contributed by atoms with Crippen LogP contribution in [0.15, 0.2) is 53.6 Å². The fourth-order valence-corrected chi connectivity index (χ4v) is 1.76. The van der Waals surface area contributed by atoms with E-state index < -0.39 is 12.6 Å². The summed E-state index contributed by atoms with van der Waals surface area (Å²) in [7, 11) is 0. The molecule has 0 bridgehead atoms. The number of anilines is 1. The van der Waals surface area contributed by atoms with Crippen molar-refractivity contribution in [3.05, 3.63) is 59.1 Å². The van der Waals surface area contributed by atoms with Crippen LogP contribution < -0.4 is 15.3 Å². The van der Waals surface area contributed by atoms with E-state index in [-0.39, 0.29) is 0 Å². The van der Waals surface area contributed by atoms with Crippen LogP contribution >= 0.6 is 11.6 Å². The molecule has 0 aliphatic heterocycles. The van der Waals surface area contributed by atoms with Crippen LogP contribution in [-0.2, 0) is 4.79 Å². The van der Waals surface area contributed by atoms with Gasteiger partial charge in [0.05, 0.1) is 22.9 Å². The molecule has 5 nitrogen and oxygen atoms in total. The summed E-state index contributed by atoms with van der Waals surface area (Å²) in [6.45, 7) is -0.511. The van der Waals surface area contributed by atoms with Crippen molar-refractivity contribution >= 4 is 29.5 Å². The molecule has 2 aromatic carbocycles. The molecule has 0 saturated carbocycles. The van der Waals surface area contributed by atoms with Crippen molar-refractivity contribution in [2.24, 2.45) is 5.10 Å². The molecule has 1 N–H and O–H groups in total. The predicted molar refractivity (Wildman–Crippen MR) is 79.6 cm³/mol. The summed E-state index contributed by atoms with van der Waals surface area (Å²) in [5.41, 5.74) is 4.11. The van der Waals surface area contributed by atoms with Gasteiger partial charge in [-0.2, -0.15) is 5.10 Å². The fraction of sp³-hybridized carbons (Fsp3) is 0.0667. The van der Waals surface area contributed by atoms with E-state index in [4.69, 9.17) is 16.3 Å². The smallest absolute Gasteiger partial charge is 0.128 e. The Kier molecular flexibility index (Phi) is 5.17. The van der Waals surface area contributed by atoms with Gasteiger partial charge in [-0.05, 0) is 24.3 Å². The van der Waals surface area contributed by atoms with Crippen molar-refractivity contribution in [1.82, 2.24) is 0 Å².